The molecule has 0 spiro atoms. The van der Waals surface area contributed by atoms with Crippen molar-refractivity contribution in [2.24, 2.45) is 0 Å². The first-order chi connectivity index (χ1) is 18.0. The van der Waals surface area contributed by atoms with Gasteiger partial charge in [-0.2, -0.15) is 0 Å². The number of sulfone groups is 1. The number of nitrogens with zero attached hydrogens (tertiary/aromatic N) is 4. The molecule has 0 aliphatic rings. The lowest BCUT2D eigenvalue weighted by molar-refractivity contribution is 0.414. The lowest BCUT2D eigenvalue weighted by Crippen LogP contribution is -2.13. The average molecular weight is 536 g/mol. The number of hydrogen-bond donors (Lipinski definition) is 1. The van der Waals surface area contributed by atoms with Crippen LogP contribution in [0.1, 0.15) is 6.42 Å². The zero-order valence-corrected chi connectivity index (χ0v) is 21.9. The number of thiazole rings is 1. The van der Waals surface area contributed by atoms with Gasteiger partial charge in [0.15, 0.2) is 14.8 Å². The van der Waals surface area contributed by atoms with E-state index in [0.717, 1.165) is 27.7 Å². The van der Waals surface area contributed by atoms with Crippen molar-refractivity contribution >= 4 is 32.1 Å². The van der Waals surface area contributed by atoms with E-state index < -0.39 is 9.84 Å². The third kappa shape index (κ3) is 5.27. The van der Waals surface area contributed by atoms with Gasteiger partial charge in [0, 0.05) is 29.9 Å². The molecule has 37 heavy (non-hydrogen) atoms. The minimum Gasteiger partial charge on any atom is -0.497 e. The molecular formula is C26H25N5O4S2. The van der Waals surface area contributed by atoms with Crippen LogP contribution in [0.15, 0.2) is 77.3 Å². The predicted octanol–water partition coefficient (Wildman–Crippen LogP) is 4.81. The Morgan fingerprint density at radius 1 is 1.00 bits per heavy atom. The van der Waals surface area contributed by atoms with Crippen molar-refractivity contribution in [1.82, 2.24) is 19.4 Å². The molecule has 0 unspecified atom stereocenters. The van der Waals surface area contributed by atoms with Gasteiger partial charge in [0.1, 0.15) is 17.2 Å². The standard InChI is InChI=1S/C26H25N5O4S2/c1-34-19-7-9-21(10-8-19)37(32,33)16-4-12-27-25-28-13-11-22(29-25)24-23(30-26-31(24)14-15-36-26)18-5-3-6-20(17-18)35-2/h3,5-11,13-15,17H,4,12,16H2,1-2H3,(H,27,28,29). The van der Waals surface area contributed by atoms with Crippen molar-refractivity contribution < 1.29 is 17.9 Å². The third-order valence-electron chi connectivity index (χ3n) is 5.79. The predicted molar refractivity (Wildman–Crippen MR) is 144 cm³/mol. The summed E-state index contributed by atoms with van der Waals surface area (Å²) in [5.41, 5.74) is 3.26. The molecule has 0 aliphatic heterocycles. The molecule has 0 aliphatic carbocycles. The highest BCUT2D eigenvalue weighted by Crippen LogP contribution is 2.34. The van der Waals surface area contributed by atoms with E-state index in [-0.39, 0.29) is 10.6 Å². The lowest BCUT2D eigenvalue weighted by atomic mass is 10.1. The minimum atomic E-state index is -3.40. The summed E-state index contributed by atoms with van der Waals surface area (Å²) >= 11 is 1.54. The van der Waals surface area contributed by atoms with Crippen LogP contribution in [0.5, 0.6) is 11.5 Å². The molecule has 0 amide bonds. The molecule has 0 fully saturated rings. The number of hydrogen-bond acceptors (Lipinski definition) is 9. The molecule has 9 nitrogen and oxygen atoms in total. The second-order valence-electron chi connectivity index (χ2n) is 8.14. The summed E-state index contributed by atoms with van der Waals surface area (Å²) in [5, 5.41) is 5.13. The van der Waals surface area contributed by atoms with Crippen LogP contribution in [-0.2, 0) is 9.84 Å². The number of fused-ring (bicyclic) bond motifs is 1. The second-order valence-corrected chi connectivity index (χ2v) is 11.1. The fourth-order valence-electron chi connectivity index (χ4n) is 3.94. The SMILES string of the molecule is COc1ccc(S(=O)(=O)CCCNc2nccc(-c3c(-c4cccc(OC)c4)nc4sccn34)n2)cc1. The molecule has 3 aromatic heterocycles. The zero-order valence-electron chi connectivity index (χ0n) is 20.3. The van der Waals surface area contributed by atoms with Gasteiger partial charge < -0.3 is 14.8 Å². The number of aromatic nitrogens is 4. The Labute approximate surface area is 218 Å². The second kappa shape index (κ2) is 10.6. The Bertz CT molecular complexity index is 1630. The molecule has 0 bridgehead atoms. The largest absolute Gasteiger partial charge is 0.497 e. The number of rotatable bonds is 10. The van der Waals surface area contributed by atoms with Crippen molar-refractivity contribution in [1.29, 1.82) is 0 Å². The van der Waals surface area contributed by atoms with Crippen LogP contribution in [0.4, 0.5) is 5.95 Å². The summed E-state index contributed by atoms with van der Waals surface area (Å²) in [4.78, 5) is 15.0. The number of anilines is 1. The highest BCUT2D eigenvalue weighted by atomic mass is 32.2. The van der Waals surface area contributed by atoms with Gasteiger partial charge in [-0.15, -0.1) is 11.3 Å². The minimum absolute atomic E-state index is 0.00412. The lowest BCUT2D eigenvalue weighted by Gasteiger charge is -2.09. The fraction of sp³-hybridized carbons (Fsp3) is 0.192. The number of imidazole rings is 1. The summed E-state index contributed by atoms with van der Waals surface area (Å²) in [5.74, 6) is 1.78. The average Bonchev–Trinajstić information content (AvgIpc) is 3.53. The Morgan fingerprint density at radius 3 is 2.59 bits per heavy atom. The van der Waals surface area contributed by atoms with E-state index in [1.54, 1.807) is 56.0 Å². The van der Waals surface area contributed by atoms with Crippen LogP contribution in [0, 0.1) is 0 Å². The van der Waals surface area contributed by atoms with Gasteiger partial charge in [0.2, 0.25) is 5.95 Å². The molecule has 0 radical (unpaired) electrons. The van der Waals surface area contributed by atoms with E-state index in [0.29, 0.717) is 30.4 Å². The monoisotopic (exact) mass is 535 g/mol. The molecule has 5 aromatic rings. The Morgan fingerprint density at radius 2 is 1.81 bits per heavy atom. The van der Waals surface area contributed by atoms with Crippen LogP contribution < -0.4 is 14.8 Å². The number of methoxy groups -OCH3 is 2. The summed E-state index contributed by atoms with van der Waals surface area (Å²) in [6, 6.07) is 16.0. The van der Waals surface area contributed by atoms with Gasteiger partial charge in [-0.1, -0.05) is 12.1 Å². The van der Waals surface area contributed by atoms with Crippen molar-refractivity contribution in [3.63, 3.8) is 0 Å². The first-order valence-electron chi connectivity index (χ1n) is 11.5. The highest BCUT2D eigenvalue weighted by molar-refractivity contribution is 7.91. The quantitative estimate of drug-likeness (QED) is 0.254. The molecule has 1 N–H and O–H groups in total. The molecule has 0 atom stereocenters. The van der Waals surface area contributed by atoms with E-state index in [2.05, 4.69) is 10.3 Å². The third-order valence-corrected chi connectivity index (χ3v) is 8.37. The van der Waals surface area contributed by atoms with Gasteiger partial charge in [0.05, 0.1) is 36.3 Å². The van der Waals surface area contributed by atoms with Crippen molar-refractivity contribution in [3.8, 4) is 34.1 Å². The van der Waals surface area contributed by atoms with E-state index in [1.807, 2.05) is 46.3 Å². The Balaban J connectivity index is 1.33. The van der Waals surface area contributed by atoms with E-state index >= 15 is 0 Å². The first kappa shape index (κ1) is 24.7. The molecule has 0 saturated carbocycles. The smallest absolute Gasteiger partial charge is 0.223 e. The van der Waals surface area contributed by atoms with E-state index in [4.69, 9.17) is 19.4 Å². The fourth-order valence-corrected chi connectivity index (χ4v) is 5.97. The van der Waals surface area contributed by atoms with Crippen LogP contribution in [0.3, 0.4) is 0 Å². The van der Waals surface area contributed by atoms with Crippen LogP contribution in [0.25, 0.3) is 27.6 Å². The molecule has 2 aromatic carbocycles. The first-order valence-corrected chi connectivity index (χ1v) is 14.1. The molecular weight excluding hydrogens is 510 g/mol. The maximum atomic E-state index is 12.7. The maximum Gasteiger partial charge on any atom is 0.223 e. The van der Waals surface area contributed by atoms with Gasteiger partial charge in [-0.25, -0.2) is 23.4 Å². The molecule has 11 heteroatoms. The molecule has 0 saturated heterocycles. The normalized spacial score (nSPS) is 11.5. The molecule has 3 heterocycles. The van der Waals surface area contributed by atoms with Crippen molar-refractivity contribution in [2.75, 3.05) is 31.8 Å². The van der Waals surface area contributed by atoms with Gasteiger partial charge in [-0.3, -0.25) is 4.40 Å². The molecule has 5 rings (SSSR count). The summed E-state index contributed by atoms with van der Waals surface area (Å²) in [7, 11) is -0.222. The van der Waals surface area contributed by atoms with Gasteiger partial charge in [-0.05, 0) is 48.9 Å². The van der Waals surface area contributed by atoms with Gasteiger partial charge in [0.25, 0.3) is 0 Å². The summed E-state index contributed by atoms with van der Waals surface area (Å²) in [6.45, 7) is 0.405. The number of nitrogens with one attached hydrogen (secondary N) is 1. The number of ether oxygens (including phenoxy) is 2. The van der Waals surface area contributed by atoms with Crippen LogP contribution in [-0.4, -0.2) is 54.3 Å². The van der Waals surface area contributed by atoms with Crippen LogP contribution >= 0.6 is 11.3 Å². The zero-order chi connectivity index (χ0) is 25.8. The van der Waals surface area contributed by atoms with Crippen molar-refractivity contribution in [2.45, 2.75) is 11.3 Å². The Hall–Kier alpha value is -3.96. The summed E-state index contributed by atoms with van der Waals surface area (Å²) < 4.78 is 37.8. The van der Waals surface area contributed by atoms with E-state index in [1.165, 1.54) is 0 Å². The molecule has 190 valence electrons. The Kier molecular flexibility index (Phi) is 7.06. The summed E-state index contributed by atoms with van der Waals surface area (Å²) in [6.07, 6.45) is 4.05. The maximum absolute atomic E-state index is 12.7. The van der Waals surface area contributed by atoms with Crippen LogP contribution in [0.2, 0.25) is 0 Å². The number of benzene rings is 2. The highest BCUT2D eigenvalue weighted by Gasteiger charge is 2.19. The topological polar surface area (TPSA) is 108 Å². The van der Waals surface area contributed by atoms with Gasteiger partial charge >= 0.3 is 0 Å². The van der Waals surface area contributed by atoms with E-state index in [9.17, 15) is 8.42 Å². The van der Waals surface area contributed by atoms with Crippen molar-refractivity contribution in [3.05, 3.63) is 72.4 Å².